The quantitative estimate of drug-likeness (QED) is 0.0424. The van der Waals surface area contributed by atoms with Gasteiger partial charge in [0.2, 0.25) is 11.8 Å². The molecular weight excluding hydrogens is 748 g/mol. The van der Waals surface area contributed by atoms with Crippen LogP contribution in [0.4, 0.5) is 16.2 Å². The minimum Gasteiger partial charge on any atom is -0.744 e. The number of rotatable bonds is 14. The van der Waals surface area contributed by atoms with E-state index in [0.29, 0.717) is 22.2 Å². The molecule has 1 aliphatic heterocycles. The number of anilines is 2. The summed E-state index contributed by atoms with van der Waals surface area (Å²) in [5, 5.41) is 15.2. The maximum Gasteiger partial charge on any atom is 1.00 e. The van der Waals surface area contributed by atoms with E-state index in [1.54, 1.807) is 12.1 Å². The van der Waals surface area contributed by atoms with Gasteiger partial charge in [-0.3, -0.25) is 29.5 Å². The van der Waals surface area contributed by atoms with Crippen LogP contribution in [0.5, 0.6) is 5.88 Å². The zero-order chi connectivity index (χ0) is 39.1. The molecule has 5 amide bonds. The number of hydrogen-bond donors (Lipinski definition) is 4. The molecule has 0 saturated carbocycles. The predicted molar refractivity (Wildman–Crippen MR) is 195 cm³/mol. The molecule has 0 atom stereocenters. The molecule has 16 nitrogen and oxygen atoms in total. The zero-order valence-corrected chi connectivity index (χ0v) is 34.5. The second-order valence-corrected chi connectivity index (χ2v) is 13.6. The number of nitrogens with zero attached hydrogens (tertiary/aromatic N) is 3. The SMILES string of the molecule is CC[N+](CC)(CC)CCCC(=O)Nc1cccc(N2C(=O)NC(=O)C(=CC=C(C)C=Cc3c(O)[nH]c(=O)n(-c4cccc(S(=O)(=O)[O-])c4)c3=O)C2=O)c1.[K+]. The number of carbonyl (C=O) groups is 4. The Kier molecular flexibility index (Phi) is 15.4. The molecule has 0 unspecified atom stereocenters. The molecule has 4 rings (SSSR count). The molecule has 18 heteroatoms. The van der Waals surface area contributed by atoms with Gasteiger partial charge in [0.15, 0.2) is 0 Å². The fourth-order valence-corrected chi connectivity index (χ4v) is 6.27. The Hall–Kier alpha value is -4.27. The van der Waals surface area contributed by atoms with E-state index in [0.717, 1.165) is 59.8 Å². The summed E-state index contributed by atoms with van der Waals surface area (Å²) in [5.41, 5.74) is -2.41. The predicted octanol–water partition coefficient (Wildman–Crippen LogP) is -0.0964. The summed E-state index contributed by atoms with van der Waals surface area (Å²) in [5.74, 6) is -2.92. The van der Waals surface area contributed by atoms with E-state index in [1.165, 1.54) is 43.3 Å². The third kappa shape index (κ3) is 10.5. The van der Waals surface area contributed by atoms with Crippen molar-refractivity contribution >= 4 is 51.3 Å². The third-order valence-corrected chi connectivity index (χ3v) is 9.88. The third-order valence-electron chi connectivity index (χ3n) is 9.05. The molecule has 54 heavy (non-hydrogen) atoms. The van der Waals surface area contributed by atoms with Crippen LogP contribution in [-0.4, -0.2) is 82.0 Å². The van der Waals surface area contributed by atoms with E-state index in [2.05, 4.69) is 36.4 Å². The number of aromatic hydroxyl groups is 1. The Morgan fingerprint density at radius 3 is 2.28 bits per heavy atom. The molecule has 0 spiro atoms. The summed E-state index contributed by atoms with van der Waals surface area (Å²) in [7, 11) is -4.90. The van der Waals surface area contributed by atoms with Crippen molar-refractivity contribution in [3.05, 3.63) is 104 Å². The molecule has 3 aromatic rings. The van der Waals surface area contributed by atoms with Gasteiger partial charge in [0, 0.05) is 18.5 Å². The maximum atomic E-state index is 13.4. The maximum absolute atomic E-state index is 13.4. The van der Waals surface area contributed by atoms with E-state index in [1.807, 2.05) is 0 Å². The van der Waals surface area contributed by atoms with Crippen LogP contribution >= 0.6 is 0 Å². The van der Waals surface area contributed by atoms with Crippen LogP contribution in [0, 0.1) is 0 Å². The molecule has 280 valence electrons. The van der Waals surface area contributed by atoms with Gasteiger partial charge in [0.1, 0.15) is 21.3 Å². The van der Waals surface area contributed by atoms with Crippen molar-refractivity contribution in [1.29, 1.82) is 0 Å². The zero-order valence-electron chi connectivity index (χ0n) is 30.5. The number of quaternary nitrogens is 1. The minimum atomic E-state index is -4.90. The van der Waals surface area contributed by atoms with Crippen molar-refractivity contribution in [3.8, 4) is 11.6 Å². The molecule has 0 aliphatic carbocycles. The van der Waals surface area contributed by atoms with Gasteiger partial charge in [0.05, 0.1) is 42.4 Å². The van der Waals surface area contributed by atoms with Crippen LogP contribution in [0.1, 0.15) is 46.1 Å². The molecule has 1 aliphatic rings. The second kappa shape index (κ2) is 18.9. The normalized spacial score (nSPS) is 14.7. The first-order chi connectivity index (χ1) is 25.0. The second-order valence-electron chi connectivity index (χ2n) is 12.2. The topological polar surface area (TPSA) is 228 Å². The van der Waals surface area contributed by atoms with Gasteiger partial charge >= 0.3 is 63.1 Å². The number of benzene rings is 2. The number of amides is 5. The number of aromatic amines is 1. The van der Waals surface area contributed by atoms with Gasteiger partial charge in [-0.1, -0.05) is 29.9 Å². The summed E-state index contributed by atoms with van der Waals surface area (Å²) >= 11 is 0. The number of barbiturate groups is 1. The average Bonchev–Trinajstić information content (AvgIpc) is 3.10. The van der Waals surface area contributed by atoms with E-state index in [-0.39, 0.29) is 75.1 Å². The number of carbonyl (C=O) groups excluding carboxylic acids is 4. The number of urea groups is 1. The fraction of sp³-hybridized carbons (Fsp3) is 0.278. The Balaban J connectivity index is 0.00000784. The number of hydrogen-bond acceptors (Lipinski definition) is 10. The van der Waals surface area contributed by atoms with Crippen LogP contribution in [0.3, 0.4) is 0 Å². The van der Waals surface area contributed by atoms with Crippen molar-refractivity contribution in [2.24, 2.45) is 0 Å². The summed E-state index contributed by atoms with van der Waals surface area (Å²) in [4.78, 5) is 79.5. The first-order valence-corrected chi connectivity index (χ1v) is 18.1. The van der Waals surface area contributed by atoms with Gasteiger partial charge in [-0.05, 0) is 76.2 Å². The van der Waals surface area contributed by atoms with Crippen molar-refractivity contribution in [2.45, 2.75) is 45.4 Å². The van der Waals surface area contributed by atoms with E-state index in [9.17, 15) is 46.8 Å². The Bertz CT molecular complexity index is 2260. The summed E-state index contributed by atoms with van der Waals surface area (Å²) < 4.78 is 35.8. The van der Waals surface area contributed by atoms with Gasteiger partial charge in [-0.15, -0.1) is 0 Å². The molecule has 2 heterocycles. The number of allylic oxidation sites excluding steroid dienone is 4. The number of aromatic nitrogens is 2. The molecular formula is C36H40KN6O10S+. The average molecular weight is 788 g/mol. The largest absolute Gasteiger partial charge is 1.00 e. The van der Waals surface area contributed by atoms with Crippen LogP contribution in [-0.2, 0) is 24.5 Å². The summed E-state index contributed by atoms with van der Waals surface area (Å²) in [6.45, 7) is 11.7. The minimum absolute atomic E-state index is 0. The van der Waals surface area contributed by atoms with Crippen molar-refractivity contribution in [1.82, 2.24) is 14.9 Å². The van der Waals surface area contributed by atoms with Crippen LogP contribution < -0.4 is 78.2 Å². The van der Waals surface area contributed by atoms with Crippen LogP contribution in [0.2, 0.25) is 0 Å². The van der Waals surface area contributed by atoms with Gasteiger partial charge in [-0.2, -0.15) is 0 Å². The number of H-pyrrole nitrogens is 1. The van der Waals surface area contributed by atoms with Crippen molar-refractivity contribution in [2.75, 3.05) is 36.4 Å². The fourth-order valence-electron chi connectivity index (χ4n) is 5.76. The van der Waals surface area contributed by atoms with Crippen LogP contribution in [0.25, 0.3) is 11.8 Å². The van der Waals surface area contributed by atoms with Gasteiger partial charge < -0.3 is 19.5 Å². The number of imide groups is 2. The molecule has 1 aromatic heterocycles. The van der Waals surface area contributed by atoms with E-state index in [4.69, 9.17) is 0 Å². The van der Waals surface area contributed by atoms with Crippen molar-refractivity contribution in [3.63, 3.8) is 0 Å². The first-order valence-electron chi connectivity index (χ1n) is 16.7. The molecule has 2 aromatic carbocycles. The van der Waals surface area contributed by atoms with Gasteiger partial charge in [0.25, 0.3) is 17.4 Å². The van der Waals surface area contributed by atoms with E-state index >= 15 is 0 Å². The standard InChI is InChI=1S/C36H40N6O10S.K/c1-5-42(6-2,7-3)20-10-15-30(43)37-24-11-8-12-25(21-24)40-33(46)28(31(44)38-35(40)48)18-16-23(4)17-19-29-32(45)39-36(49)41(34(29)47)26-13-9-14-27(22-26)53(50,51)52;/h8-9,11-14,16-19,21-22H,5-7,10,15,20H2,1-4H3,(H4-,37,38,39,43,44,45,46,47,48,49,50,51,52);/q;+1. The van der Waals surface area contributed by atoms with Crippen molar-refractivity contribution < 1.29 is 93.1 Å². The van der Waals surface area contributed by atoms with E-state index < -0.39 is 61.1 Å². The number of nitrogens with one attached hydrogen (secondary N) is 3. The molecule has 1 fully saturated rings. The molecule has 4 N–H and O–H groups in total. The summed E-state index contributed by atoms with van der Waals surface area (Å²) in [6.07, 6.45) is 5.91. The smallest absolute Gasteiger partial charge is 0.744 e. The molecule has 0 radical (unpaired) electrons. The molecule has 0 bridgehead atoms. The molecule has 1 saturated heterocycles. The Morgan fingerprint density at radius 2 is 1.63 bits per heavy atom. The Morgan fingerprint density at radius 1 is 0.981 bits per heavy atom. The van der Waals surface area contributed by atoms with Crippen LogP contribution in [0.15, 0.2) is 92.4 Å². The Labute approximate surface area is 354 Å². The summed E-state index contributed by atoms with van der Waals surface area (Å²) in [6, 6.07) is 9.31. The monoisotopic (exact) mass is 787 g/mol. The van der Waals surface area contributed by atoms with Gasteiger partial charge in [-0.25, -0.2) is 27.5 Å². The first kappa shape index (κ1) is 44.1.